The van der Waals surface area contributed by atoms with E-state index < -0.39 is 0 Å². The third-order valence-electron chi connectivity index (χ3n) is 2.02. The molecule has 0 fully saturated rings. The van der Waals surface area contributed by atoms with E-state index in [1.54, 1.807) is 0 Å². The molecule has 0 unspecified atom stereocenters. The third kappa shape index (κ3) is 5.28. The van der Waals surface area contributed by atoms with Crippen LogP contribution in [-0.4, -0.2) is 18.4 Å². The zero-order valence-corrected chi connectivity index (χ0v) is 11.2. The van der Waals surface area contributed by atoms with Gasteiger partial charge in [0.15, 0.2) is 5.78 Å². The van der Waals surface area contributed by atoms with Gasteiger partial charge in [-0.15, -0.1) is 0 Å². The maximum atomic E-state index is 11.5. The minimum absolute atomic E-state index is 0.241. The Bertz CT molecular complexity index is 319. The topological polar surface area (TPSA) is 29.1 Å². The van der Waals surface area contributed by atoms with Crippen molar-refractivity contribution in [1.29, 1.82) is 0 Å². The molecule has 82 valence electrons. The zero-order valence-electron chi connectivity index (χ0n) is 9.09. The fraction of sp³-hybridized carbons (Fsp3) is 0.417. The summed E-state index contributed by atoms with van der Waals surface area (Å²) in [6, 6.07) is 8.44. The van der Waals surface area contributed by atoms with E-state index in [9.17, 15) is 4.79 Å². The SMILES string of the molecule is CC(C)NCC(=O)Cc1ccc(I)cc1. The van der Waals surface area contributed by atoms with Crippen molar-refractivity contribution in [3.05, 3.63) is 33.4 Å². The molecule has 0 spiro atoms. The number of halogens is 1. The number of rotatable bonds is 5. The van der Waals surface area contributed by atoms with Gasteiger partial charge in [-0.05, 0) is 40.3 Å². The van der Waals surface area contributed by atoms with Gasteiger partial charge >= 0.3 is 0 Å². The average molecular weight is 317 g/mol. The maximum absolute atomic E-state index is 11.5. The molecule has 0 atom stereocenters. The molecule has 0 aliphatic carbocycles. The molecule has 0 aliphatic rings. The molecule has 0 saturated carbocycles. The summed E-state index contributed by atoms with van der Waals surface area (Å²) in [4.78, 5) is 11.5. The molecular formula is C12H16INO. The molecule has 0 aliphatic heterocycles. The van der Waals surface area contributed by atoms with E-state index in [2.05, 4.69) is 27.9 Å². The van der Waals surface area contributed by atoms with Crippen LogP contribution in [0.2, 0.25) is 0 Å². The van der Waals surface area contributed by atoms with Crippen LogP contribution >= 0.6 is 22.6 Å². The van der Waals surface area contributed by atoms with Crippen LogP contribution in [-0.2, 0) is 11.2 Å². The lowest BCUT2D eigenvalue weighted by atomic mass is 10.1. The Kier molecular flexibility index (Phi) is 5.25. The Morgan fingerprint density at radius 2 is 1.93 bits per heavy atom. The first-order valence-electron chi connectivity index (χ1n) is 5.07. The van der Waals surface area contributed by atoms with Gasteiger partial charge in [0.2, 0.25) is 0 Å². The highest BCUT2D eigenvalue weighted by Crippen LogP contribution is 2.07. The smallest absolute Gasteiger partial charge is 0.150 e. The fourth-order valence-electron chi connectivity index (χ4n) is 1.21. The van der Waals surface area contributed by atoms with Crippen LogP contribution in [0.3, 0.4) is 0 Å². The zero-order chi connectivity index (χ0) is 11.3. The minimum Gasteiger partial charge on any atom is -0.308 e. The first-order valence-corrected chi connectivity index (χ1v) is 6.15. The summed E-state index contributed by atoms with van der Waals surface area (Å²) in [5.41, 5.74) is 1.09. The number of carbonyl (C=O) groups is 1. The number of hydrogen-bond acceptors (Lipinski definition) is 2. The molecule has 0 saturated heterocycles. The molecule has 0 radical (unpaired) electrons. The lowest BCUT2D eigenvalue weighted by molar-refractivity contribution is -0.117. The van der Waals surface area contributed by atoms with E-state index in [1.165, 1.54) is 3.57 Å². The van der Waals surface area contributed by atoms with Gasteiger partial charge in [-0.3, -0.25) is 4.79 Å². The average Bonchev–Trinajstić information content (AvgIpc) is 2.19. The standard InChI is InChI=1S/C12H16INO/c1-9(2)14-8-12(15)7-10-3-5-11(13)6-4-10/h3-6,9,14H,7-8H2,1-2H3. The normalized spacial score (nSPS) is 10.7. The van der Waals surface area contributed by atoms with Crippen molar-refractivity contribution in [3.63, 3.8) is 0 Å². The summed E-state index contributed by atoms with van der Waals surface area (Å²) in [7, 11) is 0. The highest BCUT2D eigenvalue weighted by Gasteiger charge is 2.04. The number of hydrogen-bond donors (Lipinski definition) is 1. The van der Waals surface area contributed by atoms with E-state index in [0.717, 1.165) is 5.56 Å². The number of carbonyl (C=O) groups excluding carboxylic acids is 1. The second kappa shape index (κ2) is 6.23. The summed E-state index contributed by atoms with van der Waals surface area (Å²) in [5, 5.41) is 3.13. The summed E-state index contributed by atoms with van der Waals surface area (Å²) < 4.78 is 1.20. The molecule has 0 bridgehead atoms. The molecule has 3 heteroatoms. The highest BCUT2D eigenvalue weighted by molar-refractivity contribution is 14.1. The Labute approximate surface area is 105 Å². The van der Waals surface area contributed by atoms with E-state index in [-0.39, 0.29) is 5.78 Å². The number of benzene rings is 1. The summed E-state index contributed by atoms with van der Waals surface area (Å²) in [5.74, 6) is 0.241. The van der Waals surface area contributed by atoms with Crippen molar-refractivity contribution in [2.24, 2.45) is 0 Å². The van der Waals surface area contributed by atoms with Crippen molar-refractivity contribution in [2.45, 2.75) is 26.3 Å². The van der Waals surface area contributed by atoms with Gasteiger partial charge in [-0.2, -0.15) is 0 Å². The van der Waals surface area contributed by atoms with E-state index in [0.29, 0.717) is 19.0 Å². The van der Waals surface area contributed by atoms with Gasteiger partial charge < -0.3 is 5.32 Å². The first kappa shape index (κ1) is 12.6. The van der Waals surface area contributed by atoms with E-state index >= 15 is 0 Å². The van der Waals surface area contributed by atoms with E-state index in [4.69, 9.17) is 0 Å². The Hall–Kier alpha value is -0.420. The van der Waals surface area contributed by atoms with Crippen LogP contribution < -0.4 is 5.32 Å². The molecule has 2 nitrogen and oxygen atoms in total. The molecule has 0 aromatic heterocycles. The van der Waals surface area contributed by atoms with Crippen LogP contribution in [0.15, 0.2) is 24.3 Å². The summed E-state index contributed by atoms with van der Waals surface area (Å²) in [6.07, 6.45) is 0.524. The predicted molar refractivity (Wildman–Crippen MR) is 71.0 cm³/mol. The van der Waals surface area contributed by atoms with Gasteiger partial charge in [0.25, 0.3) is 0 Å². The van der Waals surface area contributed by atoms with Crippen molar-refractivity contribution in [2.75, 3.05) is 6.54 Å². The Morgan fingerprint density at radius 3 is 2.47 bits per heavy atom. The largest absolute Gasteiger partial charge is 0.308 e. The van der Waals surface area contributed by atoms with Crippen LogP contribution in [0.25, 0.3) is 0 Å². The molecule has 1 aromatic rings. The first-order chi connectivity index (χ1) is 7.08. The maximum Gasteiger partial charge on any atom is 0.150 e. The van der Waals surface area contributed by atoms with Gasteiger partial charge in [0, 0.05) is 16.0 Å². The van der Waals surface area contributed by atoms with Crippen LogP contribution in [0, 0.1) is 3.57 Å². The second-order valence-corrected chi connectivity index (χ2v) is 5.12. The third-order valence-corrected chi connectivity index (χ3v) is 2.74. The Balaban J connectivity index is 2.41. The predicted octanol–water partition coefficient (Wildman–Crippen LogP) is 2.40. The van der Waals surface area contributed by atoms with Gasteiger partial charge in [-0.1, -0.05) is 26.0 Å². The van der Waals surface area contributed by atoms with Crippen molar-refractivity contribution in [1.82, 2.24) is 5.32 Å². The number of nitrogens with one attached hydrogen (secondary N) is 1. The molecule has 15 heavy (non-hydrogen) atoms. The van der Waals surface area contributed by atoms with Gasteiger partial charge in [0.1, 0.15) is 0 Å². The van der Waals surface area contributed by atoms with Crippen molar-refractivity contribution < 1.29 is 4.79 Å². The summed E-state index contributed by atoms with van der Waals surface area (Å²) >= 11 is 2.26. The molecular weight excluding hydrogens is 301 g/mol. The van der Waals surface area contributed by atoms with Gasteiger partial charge in [-0.25, -0.2) is 0 Å². The van der Waals surface area contributed by atoms with Crippen molar-refractivity contribution >= 4 is 28.4 Å². The van der Waals surface area contributed by atoms with Crippen molar-refractivity contribution in [3.8, 4) is 0 Å². The number of Topliss-reactive ketones (excluding diaryl/α,β-unsaturated/α-hetero) is 1. The number of ketones is 1. The Morgan fingerprint density at radius 1 is 1.33 bits per heavy atom. The van der Waals surface area contributed by atoms with Gasteiger partial charge in [0.05, 0.1) is 6.54 Å². The monoisotopic (exact) mass is 317 g/mol. The molecule has 1 rings (SSSR count). The quantitative estimate of drug-likeness (QED) is 0.845. The van der Waals surface area contributed by atoms with Crippen LogP contribution in [0.4, 0.5) is 0 Å². The molecule has 1 aromatic carbocycles. The molecule has 0 amide bonds. The van der Waals surface area contributed by atoms with E-state index in [1.807, 2.05) is 38.1 Å². The van der Waals surface area contributed by atoms with Crippen LogP contribution in [0.1, 0.15) is 19.4 Å². The molecule has 1 N–H and O–H groups in total. The highest BCUT2D eigenvalue weighted by atomic mass is 127. The molecule has 0 heterocycles. The van der Waals surface area contributed by atoms with Crippen LogP contribution in [0.5, 0.6) is 0 Å². The second-order valence-electron chi connectivity index (χ2n) is 3.88. The minimum atomic E-state index is 0.241. The fourth-order valence-corrected chi connectivity index (χ4v) is 1.57. The summed E-state index contributed by atoms with van der Waals surface area (Å²) in [6.45, 7) is 4.54. The lowest BCUT2D eigenvalue weighted by Crippen LogP contribution is -2.29. The lowest BCUT2D eigenvalue weighted by Gasteiger charge is -2.07.